The minimum Gasteiger partial charge on any atom is -0.457 e. The predicted molar refractivity (Wildman–Crippen MR) is 81.8 cm³/mol. The van der Waals surface area contributed by atoms with Gasteiger partial charge in [0.2, 0.25) is 0 Å². The third-order valence-corrected chi connectivity index (χ3v) is 2.89. The number of benzene rings is 1. The standard InChI is InChI=1S/C16H18N2O5/c1-9(19)13(15(21)23-16(2,3)4)22-14(20)10-5-6-11-8-17-18-12(11)7-10/h5-8,13H,1-4H3,(H,17,18). The highest BCUT2D eigenvalue weighted by molar-refractivity contribution is 6.04. The van der Waals surface area contributed by atoms with Crippen LogP contribution in [0, 0.1) is 0 Å². The van der Waals surface area contributed by atoms with Gasteiger partial charge in [-0.2, -0.15) is 5.10 Å². The van der Waals surface area contributed by atoms with E-state index in [4.69, 9.17) is 9.47 Å². The van der Waals surface area contributed by atoms with E-state index in [-0.39, 0.29) is 5.56 Å². The average molecular weight is 318 g/mol. The Kier molecular flexibility index (Phi) is 4.49. The number of esters is 2. The molecule has 0 aliphatic heterocycles. The minimum absolute atomic E-state index is 0.205. The number of ether oxygens (including phenoxy) is 2. The Morgan fingerprint density at radius 3 is 2.52 bits per heavy atom. The van der Waals surface area contributed by atoms with Crippen molar-refractivity contribution in [1.29, 1.82) is 0 Å². The number of carbonyl (C=O) groups is 3. The number of aromatic nitrogens is 2. The van der Waals surface area contributed by atoms with Gasteiger partial charge in [0.25, 0.3) is 6.10 Å². The van der Waals surface area contributed by atoms with Crippen LogP contribution in [0.3, 0.4) is 0 Å². The fourth-order valence-electron chi connectivity index (χ4n) is 1.89. The molecule has 0 fully saturated rings. The number of ketones is 1. The van der Waals surface area contributed by atoms with Gasteiger partial charge in [0.15, 0.2) is 5.78 Å². The number of carbonyl (C=O) groups excluding carboxylic acids is 3. The molecular weight excluding hydrogens is 300 g/mol. The molecule has 122 valence electrons. The quantitative estimate of drug-likeness (QED) is 0.684. The fourth-order valence-corrected chi connectivity index (χ4v) is 1.89. The van der Waals surface area contributed by atoms with Crippen molar-refractivity contribution in [3.63, 3.8) is 0 Å². The summed E-state index contributed by atoms with van der Waals surface area (Å²) in [6.45, 7) is 6.15. The Balaban J connectivity index is 2.17. The number of nitrogens with one attached hydrogen (secondary N) is 1. The van der Waals surface area contributed by atoms with E-state index in [0.29, 0.717) is 5.52 Å². The van der Waals surface area contributed by atoms with E-state index in [0.717, 1.165) is 5.39 Å². The minimum atomic E-state index is -1.58. The van der Waals surface area contributed by atoms with Gasteiger partial charge in [-0.3, -0.25) is 9.89 Å². The lowest BCUT2D eigenvalue weighted by Gasteiger charge is -2.22. The van der Waals surface area contributed by atoms with Crippen LogP contribution < -0.4 is 0 Å². The first-order chi connectivity index (χ1) is 10.7. The highest BCUT2D eigenvalue weighted by Gasteiger charge is 2.32. The Hall–Kier alpha value is -2.70. The van der Waals surface area contributed by atoms with E-state index in [1.807, 2.05) is 0 Å². The largest absolute Gasteiger partial charge is 0.457 e. The molecule has 0 bridgehead atoms. The molecule has 7 nitrogen and oxygen atoms in total. The number of fused-ring (bicyclic) bond motifs is 1. The van der Waals surface area contributed by atoms with Crippen molar-refractivity contribution in [3.05, 3.63) is 30.0 Å². The van der Waals surface area contributed by atoms with Gasteiger partial charge in [0.05, 0.1) is 17.3 Å². The normalized spacial score (nSPS) is 12.7. The van der Waals surface area contributed by atoms with Gasteiger partial charge in [-0.15, -0.1) is 0 Å². The number of hydrogen-bond donors (Lipinski definition) is 1. The number of nitrogens with zero attached hydrogens (tertiary/aromatic N) is 1. The highest BCUT2D eigenvalue weighted by atomic mass is 16.6. The number of aromatic amines is 1. The molecule has 0 spiro atoms. The Bertz CT molecular complexity index is 757. The van der Waals surface area contributed by atoms with Crippen molar-refractivity contribution in [2.45, 2.75) is 39.4 Å². The summed E-state index contributed by atoms with van der Waals surface area (Å²) in [5, 5.41) is 7.41. The van der Waals surface area contributed by atoms with Crippen molar-refractivity contribution >= 4 is 28.6 Å². The molecule has 0 amide bonds. The molecule has 1 aromatic heterocycles. The molecule has 1 N–H and O–H groups in total. The summed E-state index contributed by atoms with van der Waals surface area (Å²) < 4.78 is 10.1. The second-order valence-electron chi connectivity index (χ2n) is 6.10. The van der Waals surface area contributed by atoms with E-state index in [1.165, 1.54) is 19.1 Å². The molecule has 1 unspecified atom stereocenters. The van der Waals surface area contributed by atoms with Crippen LogP contribution in [0.15, 0.2) is 24.4 Å². The van der Waals surface area contributed by atoms with Gasteiger partial charge in [0, 0.05) is 5.39 Å². The Labute approximate surface area is 133 Å². The topological polar surface area (TPSA) is 98.4 Å². The third-order valence-electron chi connectivity index (χ3n) is 2.89. The number of Topliss-reactive ketones (excluding diaryl/α,β-unsaturated/α-hetero) is 1. The van der Waals surface area contributed by atoms with Gasteiger partial charge < -0.3 is 9.47 Å². The average Bonchev–Trinajstić information content (AvgIpc) is 2.89. The molecule has 0 aliphatic carbocycles. The summed E-state index contributed by atoms with van der Waals surface area (Å²) in [6, 6.07) is 4.76. The van der Waals surface area contributed by atoms with Gasteiger partial charge in [-0.1, -0.05) is 6.07 Å². The lowest BCUT2D eigenvalue weighted by molar-refractivity contribution is -0.167. The van der Waals surface area contributed by atoms with Crippen LogP contribution in [0.25, 0.3) is 10.9 Å². The van der Waals surface area contributed by atoms with Crippen molar-refractivity contribution < 1.29 is 23.9 Å². The SMILES string of the molecule is CC(=O)C(OC(=O)c1ccc2cn[nH]c2c1)C(=O)OC(C)(C)C. The summed E-state index contributed by atoms with van der Waals surface area (Å²) in [7, 11) is 0. The maximum atomic E-state index is 12.2. The van der Waals surface area contributed by atoms with Gasteiger partial charge in [0.1, 0.15) is 5.60 Å². The number of rotatable bonds is 4. The zero-order valence-corrected chi connectivity index (χ0v) is 13.4. The van der Waals surface area contributed by atoms with Gasteiger partial charge in [-0.05, 0) is 39.8 Å². The first-order valence-electron chi connectivity index (χ1n) is 7.05. The summed E-state index contributed by atoms with van der Waals surface area (Å²) in [6.07, 6.45) is 0.0305. The smallest absolute Gasteiger partial charge is 0.355 e. The summed E-state index contributed by atoms with van der Waals surface area (Å²) in [5.74, 6) is -2.27. The number of hydrogen-bond acceptors (Lipinski definition) is 6. The fraction of sp³-hybridized carbons (Fsp3) is 0.375. The third kappa shape index (κ3) is 4.15. The van der Waals surface area contributed by atoms with E-state index in [9.17, 15) is 14.4 Å². The molecule has 0 saturated carbocycles. The van der Waals surface area contributed by atoms with Crippen molar-refractivity contribution in [3.8, 4) is 0 Å². The number of H-pyrrole nitrogens is 1. The Morgan fingerprint density at radius 2 is 1.91 bits per heavy atom. The van der Waals surface area contributed by atoms with Crippen molar-refractivity contribution in [2.24, 2.45) is 0 Å². The van der Waals surface area contributed by atoms with Crippen LogP contribution in [0.5, 0.6) is 0 Å². The van der Waals surface area contributed by atoms with E-state index < -0.39 is 29.4 Å². The Morgan fingerprint density at radius 1 is 1.22 bits per heavy atom. The second-order valence-corrected chi connectivity index (χ2v) is 6.10. The van der Waals surface area contributed by atoms with Crippen LogP contribution >= 0.6 is 0 Å². The zero-order chi connectivity index (χ0) is 17.2. The summed E-state index contributed by atoms with van der Waals surface area (Å²) >= 11 is 0. The monoisotopic (exact) mass is 318 g/mol. The van der Waals surface area contributed by atoms with Crippen molar-refractivity contribution in [1.82, 2.24) is 10.2 Å². The molecule has 23 heavy (non-hydrogen) atoms. The first kappa shape index (κ1) is 16.7. The second kappa shape index (κ2) is 6.20. The molecule has 2 aromatic rings. The van der Waals surface area contributed by atoms with Gasteiger partial charge in [-0.25, -0.2) is 9.59 Å². The molecule has 2 rings (SSSR count). The van der Waals surface area contributed by atoms with E-state index in [1.54, 1.807) is 33.0 Å². The van der Waals surface area contributed by atoms with Crippen LogP contribution in [-0.2, 0) is 19.1 Å². The molecule has 1 atom stereocenters. The van der Waals surface area contributed by atoms with Crippen LogP contribution in [0.1, 0.15) is 38.1 Å². The predicted octanol–water partition coefficient (Wildman–Crippen LogP) is 2.02. The van der Waals surface area contributed by atoms with Crippen LogP contribution in [0.4, 0.5) is 0 Å². The molecule has 7 heteroatoms. The molecule has 0 radical (unpaired) electrons. The molecular formula is C16H18N2O5. The maximum absolute atomic E-state index is 12.2. The lowest BCUT2D eigenvalue weighted by atomic mass is 10.1. The first-order valence-corrected chi connectivity index (χ1v) is 7.05. The van der Waals surface area contributed by atoms with Crippen LogP contribution in [0.2, 0.25) is 0 Å². The highest BCUT2D eigenvalue weighted by Crippen LogP contribution is 2.16. The summed E-state index contributed by atoms with van der Waals surface area (Å²) in [5.41, 5.74) is 0.0686. The van der Waals surface area contributed by atoms with E-state index in [2.05, 4.69) is 10.2 Å². The van der Waals surface area contributed by atoms with E-state index >= 15 is 0 Å². The van der Waals surface area contributed by atoms with Crippen molar-refractivity contribution in [2.75, 3.05) is 0 Å². The van der Waals surface area contributed by atoms with Gasteiger partial charge >= 0.3 is 11.9 Å². The molecule has 1 aromatic carbocycles. The van der Waals surface area contributed by atoms with Crippen LogP contribution in [-0.4, -0.2) is 39.6 Å². The molecule has 1 heterocycles. The molecule has 0 saturated heterocycles. The zero-order valence-electron chi connectivity index (χ0n) is 13.4. The molecule has 0 aliphatic rings. The summed E-state index contributed by atoms with van der Waals surface area (Å²) in [4.78, 5) is 35.8. The lowest BCUT2D eigenvalue weighted by Crippen LogP contribution is -2.39. The maximum Gasteiger partial charge on any atom is 0.355 e.